The number of aromatic nitrogens is 2. The van der Waals surface area contributed by atoms with Crippen molar-refractivity contribution in [2.75, 3.05) is 13.7 Å². The molecular weight excluding hydrogens is 270 g/mol. The van der Waals surface area contributed by atoms with Gasteiger partial charge in [-0.15, -0.1) is 11.3 Å². The van der Waals surface area contributed by atoms with Gasteiger partial charge in [0.2, 0.25) is 5.88 Å². The molecule has 0 aliphatic rings. The Hall–Kier alpha value is -1.46. The number of hydrogen-bond acceptors (Lipinski definition) is 5. The standard InChI is InChI=1S/C15H21N3OS/c1-4-11-6-7-20-15(11)13(16-5-2)8-12-9-14(19-3)18-10-17-12/h6-7,9-10,13,16H,4-5,8H2,1-3H3. The molecule has 1 atom stereocenters. The molecule has 0 fully saturated rings. The van der Waals surface area contributed by atoms with Gasteiger partial charge in [-0.2, -0.15) is 0 Å². The highest BCUT2D eigenvalue weighted by Gasteiger charge is 2.17. The average molecular weight is 291 g/mol. The van der Waals surface area contributed by atoms with Crippen LogP contribution in [0.15, 0.2) is 23.8 Å². The van der Waals surface area contributed by atoms with Crippen LogP contribution in [0, 0.1) is 0 Å². The van der Waals surface area contributed by atoms with Gasteiger partial charge < -0.3 is 10.1 Å². The molecular formula is C15H21N3OS. The van der Waals surface area contributed by atoms with E-state index in [1.54, 1.807) is 13.4 Å². The van der Waals surface area contributed by atoms with E-state index in [1.807, 2.05) is 17.4 Å². The van der Waals surface area contributed by atoms with Gasteiger partial charge in [0.05, 0.1) is 7.11 Å². The summed E-state index contributed by atoms with van der Waals surface area (Å²) in [5, 5.41) is 5.72. The number of ether oxygens (including phenoxy) is 1. The Kier molecular flexibility index (Phi) is 5.49. The zero-order valence-electron chi connectivity index (χ0n) is 12.2. The lowest BCUT2D eigenvalue weighted by Crippen LogP contribution is -2.23. The fraction of sp³-hybridized carbons (Fsp3) is 0.467. The summed E-state index contributed by atoms with van der Waals surface area (Å²) in [6, 6.07) is 4.42. The number of thiophene rings is 1. The Bertz CT molecular complexity index is 541. The third kappa shape index (κ3) is 3.55. The summed E-state index contributed by atoms with van der Waals surface area (Å²) >= 11 is 1.81. The highest BCUT2D eigenvalue weighted by molar-refractivity contribution is 7.10. The van der Waals surface area contributed by atoms with Crippen LogP contribution in [0.2, 0.25) is 0 Å². The molecule has 2 aromatic rings. The van der Waals surface area contributed by atoms with Gasteiger partial charge in [0.15, 0.2) is 0 Å². The fourth-order valence-corrected chi connectivity index (χ4v) is 3.33. The molecule has 4 nitrogen and oxygen atoms in total. The lowest BCUT2D eigenvalue weighted by atomic mass is 10.0. The largest absolute Gasteiger partial charge is 0.481 e. The molecule has 20 heavy (non-hydrogen) atoms. The SMILES string of the molecule is CCNC(Cc1cc(OC)ncn1)c1sccc1CC. The normalized spacial score (nSPS) is 12.3. The topological polar surface area (TPSA) is 47.0 Å². The van der Waals surface area contributed by atoms with E-state index < -0.39 is 0 Å². The first-order valence-corrected chi connectivity index (χ1v) is 7.81. The quantitative estimate of drug-likeness (QED) is 0.852. The molecule has 0 aromatic carbocycles. The van der Waals surface area contributed by atoms with Gasteiger partial charge >= 0.3 is 0 Å². The molecule has 5 heteroatoms. The minimum Gasteiger partial charge on any atom is -0.481 e. The third-order valence-electron chi connectivity index (χ3n) is 3.25. The second kappa shape index (κ2) is 7.36. The Labute approximate surface area is 124 Å². The second-order valence-corrected chi connectivity index (χ2v) is 5.48. The first-order chi connectivity index (χ1) is 9.78. The van der Waals surface area contributed by atoms with Crippen LogP contribution < -0.4 is 10.1 Å². The van der Waals surface area contributed by atoms with Crippen molar-refractivity contribution in [3.8, 4) is 5.88 Å². The number of hydrogen-bond donors (Lipinski definition) is 1. The van der Waals surface area contributed by atoms with Crippen LogP contribution in [-0.2, 0) is 12.8 Å². The zero-order valence-corrected chi connectivity index (χ0v) is 13.0. The maximum Gasteiger partial charge on any atom is 0.216 e. The molecule has 1 N–H and O–H groups in total. The van der Waals surface area contributed by atoms with Crippen molar-refractivity contribution in [1.82, 2.24) is 15.3 Å². The molecule has 0 saturated carbocycles. The van der Waals surface area contributed by atoms with Crippen molar-refractivity contribution in [1.29, 1.82) is 0 Å². The van der Waals surface area contributed by atoms with Crippen LogP contribution in [0.3, 0.4) is 0 Å². The number of aryl methyl sites for hydroxylation is 1. The smallest absolute Gasteiger partial charge is 0.216 e. The van der Waals surface area contributed by atoms with Crippen molar-refractivity contribution < 1.29 is 4.74 Å². The average Bonchev–Trinajstić information content (AvgIpc) is 2.95. The Morgan fingerprint density at radius 2 is 2.20 bits per heavy atom. The maximum absolute atomic E-state index is 5.16. The minimum atomic E-state index is 0.301. The van der Waals surface area contributed by atoms with Crippen molar-refractivity contribution in [2.24, 2.45) is 0 Å². The van der Waals surface area contributed by atoms with Crippen LogP contribution in [0.1, 0.15) is 36.0 Å². The summed E-state index contributed by atoms with van der Waals surface area (Å²) < 4.78 is 5.16. The predicted octanol–water partition coefficient (Wildman–Crippen LogP) is 3.00. The van der Waals surface area contributed by atoms with Crippen molar-refractivity contribution in [2.45, 2.75) is 32.7 Å². The highest BCUT2D eigenvalue weighted by atomic mass is 32.1. The van der Waals surface area contributed by atoms with E-state index in [4.69, 9.17) is 4.74 Å². The van der Waals surface area contributed by atoms with Crippen LogP contribution in [-0.4, -0.2) is 23.6 Å². The first kappa shape index (κ1) is 14.9. The van der Waals surface area contributed by atoms with Crippen molar-refractivity contribution >= 4 is 11.3 Å². The van der Waals surface area contributed by atoms with E-state index in [0.717, 1.165) is 25.1 Å². The van der Waals surface area contributed by atoms with Gasteiger partial charge in [0, 0.05) is 29.1 Å². The number of rotatable bonds is 7. The summed E-state index contributed by atoms with van der Waals surface area (Å²) in [5.41, 5.74) is 2.42. The number of methoxy groups -OCH3 is 1. The molecule has 1 unspecified atom stereocenters. The van der Waals surface area contributed by atoms with Crippen molar-refractivity contribution in [3.05, 3.63) is 40.0 Å². The van der Waals surface area contributed by atoms with Crippen molar-refractivity contribution in [3.63, 3.8) is 0 Å². The summed E-state index contributed by atoms with van der Waals surface area (Å²) in [4.78, 5) is 9.81. The molecule has 0 bridgehead atoms. The van der Waals surface area contributed by atoms with Crippen LogP contribution >= 0.6 is 11.3 Å². The van der Waals surface area contributed by atoms with E-state index >= 15 is 0 Å². The van der Waals surface area contributed by atoms with E-state index in [-0.39, 0.29) is 0 Å². The van der Waals surface area contributed by atoms with Gasteiger partial charge in [0.1, 0.15) is 6.33 Å². The molecule has 108 valence electrons. The van der Waals surface area contributed by atoms with E-state index in [0.29, 0.717) is 11.9 Å². The highest BCUT2D eigenvalue weighted by Crippen LogP contribution is 2.27. The summed E-state index contributed by atoms with van der Waals surface area (Å²) in [6.45, 7) is 5.27. The fourth-order valence-electron chi connectivity index (χ4n) is 2.26. The molecule has 0 saturated heterocycles. The molecule has 0 spiro atoms. The van der Waals surface area contributed by atoms with Gasteiger partial charge in [-0.25, -0.2) is 9.97 Å². The Morgan fingerprint density at radius 3 is 2.90 bits per heavy atom. The van der Waals surface area contributed by atoms with Crippen LogP contribution in [0.4, 0.5) is 0 Å². The molecule has 0 amide bonds. The lowest BCUT2D eigenvalue weighted by molar-refractivity contribution is 0.395. The second-order valence-electron chi connectivity index (χ2n) is 4.53. The van der Waals surface area contributed by atoms with Gasteiger partial charge in [0.25, 0.3) is 0 Å². The number of nitrogens with one attached hydrogen (secondary N) is 1. The molecule has 0 aliphatic heterocycles. The lowest BCUT2D eigenvalue weighted by Gasteiger charge is -2.18. The van der Waals surface area contributed by atoms with Crippen LogP contribution in [0.25, 0.3) is 0 Å². The summed E-state index contributed by atoms with van der Waals surface area (Å²) in [7, 11) is 1.63. The minimum absolute atomic E-state index is 0.301. The van der Waals surface area contributed by atoms with Gasteiger partial charge in [-0.3, -0.25) is 0 Å². The maximum atomic E-state index is 5.16. The zero-order chi connectivity index (χ0) is 14.4. The van der Waals surface area contributed by atoms with E-state index in [9.17, 15) is 0 Å². The molecule has 0 aliphatic carbocycles. The predicted molar refractivity (Wildman–Crippen MR) is 82.4 cm³/mol. The van der Waals surface area contributed by atoms with Gasteiger partial charge in [-0.1, -0.05) is 13.8 Å². The Balaban J connectivity index is 2.20. The molecule has 2 aromatic heterocycles. The molecule has 2 rings (SSSR count). The van der Waals surface area contributed by atoms with E-state index in [1.165, 1.54) is 10.4 Å². The first-order valence-electron chi connectivity index (χ1n) is 6.93. The molecule has 0 radical (unpaired) electrons. The molecule has 2 heterocycles. The number of nitrogens with zero attached hydrogens (tertiary/aromatic N) is 2. The monoisotopic (exact) mass is 291 g/mol. The van der Waals surface area contributed by atoms with Crippen LogP contribution in [0.5, 0.6) is 5.88 Å². The third-order valence-corrected chi connectivity index (χ3v) is 4.32. The summed E-state index contributed by atoms with van der Waals surface area (Å²) in [5.74, 6) is 0.618. The van der Waals surface area contributed by atoms with Gasteiger partial charge in [-0.05, 0) is 30.0 Å². The Morgan fingerprint density at radius 1 is 1.35 bits per heavy atom. The van der Waals surface area contributed by atoms with E-state index in [2.05, 4.69) is 40.6 Å². The number of likely N-dealkylation sites (N-methyl/N-ethyl adjacent to an activating group) is 1. The summed E-state index contributed by atoms with van der Waals surface area (Å²) in [6.07, 6.45) is 3.47.